The number of aromatic nitrogens is 2. The van der Waals surface area contributed by atoms with Crippen LogP contribution in [-0.4, -0.2) is 38.5 Å². The van der Waals surface area contributed by atoms with Crippen LogP contribution >= 0.6 is 23.1 Å². The number of amides is 1. The van der Waals surface area contributed by atoms with Crippen molar-refractivity contribution in [3.63, 3.8) is 0 Å². The van der Waals surface area contributed by atoms with E-state index in [1.54, 1.807) is 18.7 Å². The molecule has 1 N–H and O–H groups in total. The highest BCUT2D eigenvalue weighted by Gasteiger charge is 2.38. The normalized spacial score (nSPS) is 25.4. The maximum absolute atomic E-state index is 14.0. The van der Waals surface area contributed by atoms with Gasteiger partial charge >= 0.3 is 5.97 Å². The number of carboxylic acids is 1. The maximum Gasteiger partial charge on any atom is 0.348 e. The molecule has 2 aromatic heterocycles. The van der Waals surface area contributed by atoms with E-state index in [0.29, 0.717) is 28.0 Å². The fraction of sp³-hybridized carbons (Fsp3) is 0.692. The van der Waals surface area contributed by atoms with Crippen molar-refractivity contribution in [3.05, 3.63) is 21.7 Å². The van der Waals surface area contributed by atoms with Crippen molar-refractivity contribution in [1.29, 1.82) is 0 Å². The predicted molar refractivity (Wildman–Crippen MR) is 140 cm³/mol. The zero-order valence-corrected chi connectivity index (χ0v) is 23.0. The first-order chi connectivity index (χ1) is 16.5. The first-order valence-corrected chi connectivity index (χ1v) is 14.4. The highest BCUT2D eigenvalue weighted by atomic mass is 32.2. The van der Waals surface area contributed by atoms with Crippen LogP contribution in [0.1, 0.15) is 99.5 Å². The molecule has 0 spiro atoms. The van der Waals surface area contributed by atoms with Crippen LogP contribution < -0.4 is 4.90 Å². The second-order valence-electron chi connectivity index (χ2n) is 11.2. The summed E-state index contributed by atoms with van der Waals surface area (Å²) in [4.78, 5) is 29.5. The van der Waals surface area contributed by atoms with Gasteiger partial charge in [0.1, 0.15) is 4.88 Å². The van der Waals surface area contributed by atoms with Crippen molar-refractivity contribution in [1.82, 2.24) is 10.2 Å². The van der Waals surface area contributed by atoms with Crippen molar-refractivity contribution in [2.45, 2.75) is 108 Å². The second-order valence-corrected chi connectivity index (χ2v) is 13.5. The Balaban J connectivity index is 1.60. The van der Waals surface area contributed by atoms with E-state index >= 15 is 0 Å². The molecule has 2 heterocycles. The number of nitrogens with zero attached hydrogens (tertiary/aromatic N) is 3. The van der Waals surface area contributed by atoms with Crippen LogP contribution in [0.3, 0.4) is 0 Å². The Hall–Kier alpha value is -1.87. The van der Waals surface area contributed by atoms with Crippen molar-refractivity contribution >= 4 is 40.7 Å². The van der Waals surface area contributed by atoms with Gasteiger partial charge in [-0.2, -0.15) is 0 Å². The lowest BCUT2D eigenvalue weighted by atomic mass is 9.81. The summed E-state index contributed by atoms with van der Waals surface area (Å²) in [6.45, 7) is 10.3. The first-order valence-electron chi connectivity index (χ1n) is 12.7. The Morgan fingerprint density at radius 3 is 2.29 bits per heavy atom. The van der Waals surface area contributed by atoms with E-state index in [1.807, 2.05) is 11.0 Å². The largest absolute Gasteiger partial charge is 0.477 e. The molecule has 0 bridgehead atoms. The van der Waals surface area contributed by atoms with Crippen LogP contribution in [0.25, 0.3) is 0 Å². The van der Waals surface area contributed by atoms with E-state index in [2.05, 4.69) is 37.9 Å². The third kappa shape index (κ3) is 6.10. The molecule has 0 saturated heterocycles. The molecule has 0 atom stereocenters. The molecule has 192 valence electrons. The summed E-state index contributed by atoms with van der Waals surface area (Å²) in [6.07, 6.45) is 7.38. The van der Waals surface area contributed by atoms with Crippen LogP contribution in [0, 0.1) is 18.8 Å². The first kappa shape index (κ1) is 26.2. The van der Waals surface area contributed by atoms with Gasteiger partial charge in [-0.25, -0.2) is 4.79 Å². The van der Waals surface area contributed by atoms with Gasteiger partial charge < -0.3 is 14.4 Å². The predicted octanol–water partition coefficient (Wildman–Crippen LogP) is 6.70. The fourth-order valence-corrected chi connectivity index (χ4v) is 7.27. The van der Waals surface area contributed by atoms with Crippen LogP contribution in [0.5, 0.6) is 0 Å². The van der Waals surface area contributed by atoms with E-state index in [-0.39, 0.29) is 28.2 Å². The lowest BCUT2D eigenvalue weighted by molar-refractivity contribution is -0.124. The van der Waals surface area contributed by atoms with Gasteiger partial charge in [0.25, 0.3) is 5.22 Å². The fourth-order valence-electron chi connectivity index (χ4n) is 5.17. The molecule has 7 nitrogen and oxygen atoms in total. The molecule has 0 radical (unpaired) electrons. The van der Waals surface area contributed by atoms with Crippen molar-refractivity contribution < 1.29 is 19.1 Å². The highest BCUT2D eigenvalue weighted by molar-refractivity contribution is 7.99. The summed E-state index contributed by atoms with van der Waals surface area (Å²) in [5, 5.41) is 19.0. The average Bonchev–Trinajstić information content (AvgIpc) is 3.42. The Labute approximate surface area is 216 Å². The van der Waals surface area contributed by atoms with E-state index in [4.69, 9.17) is 4.42 Å². The van der Waals surface area contributed by atoms with Gasteiger partial charge in [0.15, 0.2) is 0 Å². The number of hydrogen-bond acceptors (Lipinski definition) is 7. The zero-order valence-electron chi connectivity index (χ0n) is 21.4. The Bertz CT molecular complexity index is 1040. The topological polar surface area (TPSA) is 96.5 Å². The number of carbonyl (C=O) groups excluding carboxylic acids is 1. The SMILES string of the molecule is Cc1nnc(SC2CCC(N(C(=O)C3CCC(C)CC3)c3cc(C(C)(C)C)sc3C(=O)O)CC2)o1. The minimum absolute atomic E-state index is 0.00337. The lowest BCUT2D eigenvalue weighted by Gasteiger charge is -2.39. The molecule has 2 fully saturated rings. The van der Waals surface area contributed by atoms with Gasteiger partial charge in [-0.15, -0.1) is 21.5 Å². The van der Waals surface area contributed by atoms with Crippen LogP contribution in [0.4, 0.5) is 5.69 Å². The molecule has 0 aliphatic heterocycles. The number of rotatable bonds is 6. The molecule has 0 aromatic carbocycles. The minimum Gasteiger partial charge on any atom is -0.477 e. The molecule has 2 aliphatic rings. The van der Waals surface area contributed by atoms with Gasteiger partial charge in [-0.05, 0) is 68.8 Å². The summed E-state index contributed by atoms with van der Waals surface area (Å²) < 4.78 is 5.55. The molecule has 2 aromatic rings. The highest BCUT2D eigenvalue weighted by Crippen LogP contribution is 2.43. The molecule has 2 saturated carbocycles. The average molecular weight is 520 g/mol. The molecule has 0 unspecified atom stereocenters. The molecule has 1 amide bonds. The van der Waals surface area contributed by atoms with E-state index < -0.39 is 5.97 Å². The number of aromatic carboxylic acids is 1. The summed E-state index contributed by atoms with van der Waals surface area (Å²) in [5.41, 5.74) is 0.415. The quantitative estimate of drug-likeness (QED) is 0.454. The molecule has 2 aliphatic carbocycles. The van der Waals surface area contributed by atoms with Crippen molar-refractivity contribution in [2.75, 3.05) is 4.90 Å². The smallest absolute Gasteiger partial charge is 0.348 e. The number of carbonyl (C=O) groups is 2. The van der Waals surface area contributed by atoms with Crippen molar-refractivity contribution in [3.8, 4) is 0 Å². The zero-order chi connectivity index (χ0) is 25.3. The monoisotopic (exact) mass is 519 g/mol. The lowest BCUT2D eigenvalue weighted by Crippen LogP contribution is -2.46. The molecular weight excluding hydrogens is 482 g/mol. The Kier molecular flexibility index (Phi) is 7.95. The van der Waals surface area contributed by atoms with Gasteiger partial charge in [-0.1, -0.05) is 39.5 Å². The number of anilines is 1. The second kappa shape index (κ2) is 10.6. The van der Waals surface area contributed by atoms with E-state index in [1.165, 1.54) is 11.3 Å². The summed E-state index contributed by atoms with van der Waals surface area (Å²) in [5.74, 6) is 0.344. The van der Waals surface area contributed by atoms with E-state index in [9.17, 15) is 14.7 Å². The maximum atomic E-state index is 14.0. The van der Waals surface area contributed by atoms with Gasteiger partial charge in [0.2, 0.25) is 11.8 Å². The van der Waals surface area contributed by atoms with Crippen LogP contribution in [0.2, 0.25) is 0 Å². The molecule has 4 rings (SSSR count). The van der Waals surface area contributed by atoms with Crippen LogP contribution in [0.15, 0.2) is 15.7 Å². The Morgan fingerprint density at radius 2 is 1.74 bits per heavy atom. The summed E-state index contributed by atoms with van der Waals surface area (Å²) in [6, 6.07) is 1.98. The molecule has 35 heavy (non-hydrogen) atoms. The molecule has 9 heteroatoms. The summed E-state index contributed by atoms with van der Waals surface area (Å²) >= 11 is 2.92. The minimum atomic E-state index is -0.952. The standard InChI is InChI=1S/C26H37N3O4S2/c1-15-6-8-17(9-7-15)23(30)29(20-14-21(26(3,4)5)35-22(20)24(31)32)18-10-12-19(13-11-18)34-25-28-27-16(2)33-25/h14-15,17-19H,6-13H2,1-5H3,(H,31,32). The number of carboxylic acid groups (broad SMARTS) is 1. The van der Waals surface area contributed by atoms with Gasteiger partial charge in [0, 0.05) is 29.0 Å². The van der Waals surface area contributed by atoms with Crippen molar-refractivity contribution in [2.24, 2.45) is 11.8 Å². The number of hydrogen-bond donors (Lipinski definition) is 1. The molecular formula is C26H37N3O4S2. The third-order valence-electron chi connectivity index (χ3n) is 7.29. The number of thioether (sulfide) groups is 1. The van der Waals surface area contributed by atoms with Gasteiger partial charge in [0.05, 0.1) is 5.69 Å². The van der Waals surface area contributed by atoms with Crippen LogP contribution in [-0.2, 0) is 10.2 Å². The Morgan fingerprint density at radius 1 is 1.09 bits per heavy atom. The third-order valence-corrected chi connectivity index (χ3v) is 10.0. The number of aryl methyl sites for hydroxylation is 1. The summed E-state index contributed by atoms with van der Waals surface area (Å²) in [7, 11) is 0. The van der Waals surface area contributed by atoms with Gasteiger partial charge in [-0.3, -0.25) is 4.79 Å². The van der Waals surface area contributed by atoms with E-state index in [0.717, 1.165) is 56.2 Å². The number of thiophene rings is 1.